The number of aliphatic carboxylic acids is 1. The molecule has 5 amide bonds. The van der Waals surface area contributed by atoms with Crippen molar-refractivity contribution >= 4 is 57.1 Å². The maximum absolute atomic E-state index is 14.1. The van der Waals surface area contributed by atoms with Crippen LogP contribution in [0.25, 0.3) is 0 Å². The molecule has 0 saturated carbocycles. The average molecular weight is 789 g/mol. The first-order chi connectivity index (χ1) is 25.4. The molecule has 14 nitrogen and oxygen atoms in total. The minimum absolute atomic E-state index is 0.000220. The van der Waals surface area contributed by atoms with Gasteiger partial charge < -0.3 is 41.2 Å². The minimum atomic E-state index is -1.78. The van der Waals surface area contributed by atoms with Crippen LogP contribution in [-0.2, 0) is 54.5 Å². The Hall–Kier alpha value is -5.80. The lowest BCUT2D eigenvalue weighted by Gasteiger charge is -2.26. The van der Waals surface area contributed by atoms with Gasteiger partial charge in [-0.15, -0.1) is 0 Å². The van der Waals surface area contributed by atoms with Gasteiger partial charge in [-0.1, -0.05) is 70.5 Å². The molecule has 276 valence electrons. The highest BCUT2D eigenvalue weighted by molar-refractivity contribution is 9.10. The second kappa shape index (κ2) is 18.1. The van der Waals surface area contributed by atoms with Crippen LogP contribution in [-0.4, -0.2) is 76.0 Å². The molecule has 0 spiro atoms. The van der Waals surface area contributed by atoms with Crippen molar-refractivity contribution in [3.8, 4) is 0 Å². The number of anilines is 1. The maximum atomic E-state index is 14.1. The molecule has 15 heteroatoms. The van der Waals surface area contributed by atoms with E-state index < -0.39 is 72.2 Å². The fourth-order valence-corrected chi connectivity index (χ4v) is 5.95. The summed E-state index contributed by atoms with van der Waals surface area (Å²) in [5.41, 5.74) is 2.09. The topological polar surface area (TPSA) is 216 Å². The van der Waals surface area contributed by atoms with Crippen molar-refractivity contribution < 1.29 is 43.4 Å². The number of fused-ring (bicyclic) bond motifs is 18. The molecule has 53 heavy (non-hydrogen) atoms. The van der Waals surface area contributed by atoms with Gasteiger partial charge in [-0.25, -0.2) is 4.79 Å². The van der Waals surface area contributed by atoms with E-state index in [1.165, 1.54) is 18.4 Å². The first kappa shape index (κ1) is 38.4. The van der Waals surface area contributed by atoms with E-state index in [0.717, 1.165) is 4.47 Å². The summed E-state index contributed by atoms with van der Waals surface area (Å²) >= 11 is 3.38. The van der Waals surface area contributed by atoms with Crippen molar-refractivity contribution in [3.63, 3.8) is 0 Å². The zero-order valence-corrected chi connectivity index (χ0v) is 29.9. The summed E-state index contributed by atoms with van der Waals surface area (Å²) < 4.78 is 6.22. The van der Waals surface area contributed by atoms with Gasteiger partial charge in [-0.05, 0) is 53.1 Å². The van der Waals surface area contributed by atoms with E-state index in [-0.39, 0.29) is 31.4 Å². The van der Waals surface area contributed by atoms with Crippen molar-refractivity contribution in [1.29, 1.82) is 0 Å². The Morgan fingerprint density at radius 1 is 0.660 bits per heavy atom. The van der Waals surface area contributed by atoms with Gasteiger partial charge in [0.2, 0.25) is 23.6 Å². The highest BCUT2D eigenvalue weighted by atomic mass is 79.9. The van der Waals surface area contributed by atoms with Gasteiger partial charge in [0, 0.05) is 35.8 Å². The summed E-state index contributed by atoms with van der Waals surface area (Å²) in [4.78, 5) is 80.2. The Bertz CT molecular complexity index is 1900. The monoisotopic (exact) mass is 787 g/mol. The quantitative estimate of drug-likeness (QED) is 0.136. The van der Waals surface area contributed by atoms with Crippen molar-refractivity contribution in [2.24, 2.45) is 0 Å². The Balaban J connectivity index is 1.51. The Labute approximate surface area is 312 Å². The lowest BCUT2D eigenvalue weighted by atomic mass is 10.0. The van der Waals surface area contributed by atoms with Gasteiger partial charge in [0.15, 0.2) is 0 Å². The van der Waals surface area contributed by atoms with Crippen molar-refractivity contribution in [1.82, 2.24) is 21.3 Å². The maximum Gasteiger partial charge on any atom is 0.326 e. The molecular weight excluding hydrogens is 750 g/mol. The molecule has 1 aromatic heterocycles. The van der Waals surface area contributed by atoms with Crippen LogP contribution in [0.1, 0.15) is 28.9 Å². The second-order valence-corrected chi connectivity index (χ2v) is 13.5. The SMILES string of the molecule is O=C1C[C@@H](O)C(=O)Nc2ccc(cc2)C[C@H](C(=O)O)NC(=O)[C@@H](Cc2ccco2)NC(=O)[C@H](Cc2ccc(Br)cc2)NC(=O)[C@@H](Cc2ccccc2)N1. The minimum Gasteiger partial charge on any atom is -0.480 e. The van der Waals surface area contributed by atoms with Crippen molar-refractivity contribution in [2.45, 2.75) is 62.4 Å². The van der Waals surface area contributed by atoms with Crippen molar-refractivity contribution in [2.75, 3.05) is 5.32 Å². The summed E-state index contributed by atoms with van der Waals surface area (Å²) in [5, 5.41) is 33.7. The molecule has 6 rings (SSSR count). The van der Waals surface area contributed by atoms with Gasteiger partial charge in [0.1, 0.15) is 36.0 Å². The predicted octanol–water partition coefficient (Wildman–Crippen LogP) is 2.04. The molecule has 7 N–H and O–H groups in total. The lowest BCUT2D eigenvalue weighted by molar-refractivity contribution is -0.142. The highest BCUT2D eigenvalue weighted by Gasteiger charge is 2.33. The molecule has 3 heterocycles. The van der Waals surface area contributed by atoms with E-state index in [1.54, 1.807) is 78.9 Å². The molecule has 0 radical (unpaired) electrons. The summed E-state index contributed by atoms with van der Waals surface area (Å²) in [7, 11) is 0. The largest absolute Gasteiger partial charge is 0.480 e. The van der Waals surface area contributed by atoms with Crippen LogP contribution in [0.15, 0.2) is 106 Å². The molecule has 2 aliphatic rings. The smallest absolute Gasteiger partial charge is 0.326 e. The highest BCUT2D eigenvalue weighted by Crippen LogP contribution is 2.16. The summed E-state index contributed by atoms with van der Waals surface area (Å²) in [6.45, 7) is 0. The van der Waals surface area contributed by atoms with E-state index in [2.05, 4.69) is 42.5 Å². The number of benzene rings is 3. The predicted molar refractivity (Wildman–Crippen MR) is 195 cm³/mol. The normalized spacial score (nSPS) is 22.0. The zero-order chi connectivity index (χ0) is 37.9. The fourth-order valence-electron chi connectivity index (χ4n) is 5.69. The van der Waals surface area contributed by atoms with Crippen LogP contribution in [0.4, 0.5) is 5.69 Å². The molecule has 2 aliphatic heterocycles. The third kappa shape index (κ3) is 11.3. The van der Waals surface area contributed by atoms with E-state index in [0.29, 0.717) is 22.5 Å². The van der Waals surface area contributed by atoms with E-state index >= 15 is 0 Å². The number of amides is 5. The number of hydrogen-bond acceptors (Lipinski definition) is 8. The summed E-state index contributed by atoms with van der Waals surface area (Å²) in [6, 6.07) is 19.8. The van der Waals surface area contributed by atoms with Crippen LogP contribution in [0, 0.1) is 0 Å². The van der Waals surface area contributed by atoms with Crippen LogP contribution < -0.4 is 26.6 Å². The van der Waals surface area contributed by atoms with Crippen LogP contribution in [0.5, 0.6) is 0 Å². The molecule has 3 aromatic carbocycles. The third-order valence-corrected chi connectivity index (χ3v) is 9.02. The second-order valence-electron chi connectivity index (χ2n) is 12.6. The van der Waals surface area contributed by atoms with Gasteiger partial charge in [0.25, 0.3) is 5.91 Å². The summed E-state index contributed by atoms with van der Waals surface area (Å²) in [6.07, 6.45) is -1.38. The molecule has 0 aliphatic carbocycles. The average Bonchev–Trinajstić information content (AvgIpc) is 3.65. The number of aliphatic hydroxyl groups is 1. The molecule has 2 bridgehead atoms. The van der Waals surface area contributed by atoms with Crippen molar-refractivity contribution in [3.05, 3.63) is 124 Å². The summed E-state index contributed by atoms with van der Waals surface area (Å²) in [5.74, 6) is -5.00. The molecule has 0 fully saturated rings. The fraction of sp³-hybridized carbons (Fsp3) is 0.263. The van der Waals surface area contributed by atoms with Crippen LogP contribution in [0.2, 0.25) is 0 Å². The zero-order valence-electron chi connectivity index (χ0n) is 28.3. The van der Waals surface area contributed by atoms with Crippen LogP contribution >= 0.6 is 15.9 Å². The molecule has 0 saturated heterocycles. The van der Waals surface area contributed by atoms with E-state index in [1.807, 2.05) is 0 Å². The Morgan fingerprint density at radius 3 is 1.85 bits per heavy atom. The number of carbonyl (C=O) groups excluding carboxylic acids is 5. The number of halogens is 1. The Kier molecular flexibility index (Phi) is 13.1. The Morgan fingerprint density at radius 2 is 1.25 bits per heavy atom. The van der Waals surface area contributed by atoms with Gasteiger partial charge in [-0.3, -0.25) is 24.0 Å². The molecule has 5 atom stereocenters. The lowest BCUT2D eigenvalue weighted by Crippen LogP contribution is -2.59. The molecule has 4 aromatic rings. The van der Waals surface area contributed by atoms with Gasteiger partial charge in [-0.2, -0.15) is 0 Å². The first-order valence-electron chi connectivity index (χ1n) is 16.8. The van der Waals surface area contributed by atoms with Gasteiger partial charge in [0.05, 0.1) is 12.7 Å². The van der Waals surface area contributed by atoms with E-state index in [9.17, 15) is 39.0 Å². The number of carbonyl (C=O) groups is 6. The number of furan rings is 1. The molecular formula is C38H38BrN5O9. The van der Waals surface area contributed by atoms with E-state index in [4.69, 9.17) is 4.42 Å². The standard InChI is InChI=1S/C38H38BrN5O9/c39-25-12-8-23(9-13-25)18-29-35(48)43-30(20-27-7-4-16-53-27)36(49)44-31(38(51)52)19-24-10-14-26(15-11-24)40-37(50)32(45)21-33(46)41-28(34(47)42-29)17-22-5-2-1-3-6-22/h1-16,28-32,45H,17-21H2,(H,40,50)(H,41,46)(H,42,47)(H,43,48)(H,44,49)(H,51,52)/t28-,29+,30-,31-,32-/m1/s1. The number of hydrogen-bond donors (Lipinski definition) is 7. The number of carboxylic acids is 1. The third-order valence-electron chi connectivity index (χ3n) is 8.50. The number of nitrogens with one attached hydrogen (secondary N) is 5. The number of rotatable bonds is 7. The first-order valence-corrected chi connectivity index (χ1v) is 17.5. The number of carboxylic acid groups (broad SMARTS) is 1. The van der Waals surface area contributed by atoms with Gasteiger partial charge >= 0.3 is 5.97 Å². The molecule has 0 unspecified atom stereocenters. The number of aliphatic hydroxyl groups excluding tert-OH is 1. The van der Waals surface area contributed by atoms with Crippen LogP contribution in [0.3, 0.4) is 0 Å².